The average Bonchev–Trinajstić information content (AvgIpc) is 2.94. The Morgan fingerprint density at radius 1 is 1.35 bits per heavy atom. The second-order valence-corrected chi connectivity index (χ2v) is 7.11. The summed E-state index contributed by atoms with van der Waals surface area (Å²) in [7, 11) is 0. The molecule has 1 N–H and O–H groups in total. The Bertz CT molecular complexity index is 510. The van der Waals surface area contributed by atoms with Crippen LogP contribution in [-0.4, -0.2) is 72.9 Å². The molecule has 0 aliphatic carbocycles. The molecule has 1 amide bonds. The van der Waals surface area contributed by atoms with Crippen LogP contribution >= 0.6 is 11.3 Å². The smallest absolute Gasteiger partial charge is 0.264 e. The van der Waals surface area contributed by atoms with Gasteiger partial charge < -0.3 is 14.7 Å². The number of amides is 1. The van der Waals surface area contributed by atoms with Gasteiger partial charge in [-0.3, -0.25) is 9.69 Å². The molecule has 0 radical (unpaired) electrons. The Hall–Kier alpha value is -0.950. The Kier molecular flexibility index (Phi) is 7.02. The van der Waals surface area contributed by atoms with Crippen molar-refractivity contribution in [1.29, 1.82) is 0 Å². The van der Waals surface area contributed by atoms with Gasteiger partial charge in [0.25, 0.3) is 5.91 Å². The summed E-state index contributed by atoms with van der Waals surface area (Å²) < 4.78 is 5.24. The van der Waals surface area contributed by atoms with E-state index in [1.807, 2.05) is 17.9 Å². The molecule has 130 valence electrons. The number of aliphatic hydroxyl groups is 1. The minimum absolute atomic E-state index is 0.146. The van der Waals surface area contributed by atoms with E-state index in [0.29, 0.717) is 19.8 Å². The van der Waals surface area contributed by atoms with Crippen LogP contribution in [0.4, 0.5) is 0 Å². The van der Waals surface area contributed by atoms with Crippen molar-refractivity contribution in [2.24, 2.45) is 0 Å². The molecule has 1 aliphatic rings. The topological polar surface area (TPSA) is 53.0 Å². The minimum atomic E-state index is -0.454. The summed E-state index contributed by atoms with van der Waals surface area (Å²) in [6.45, 7) is 10.8. The first-order valence-electron chi connectivity index (χ1n) is 8.41. The van der Waals surface area contributed by atoms with E-state index in [1.54, 1.807) is 11.3 Å². The number of carbonyl (C=O) groups is 1. The van der Waals surface area contributed by atoms with Crippen molar-refractivity contribution in [2.45, 2.75) is 33.3 Å². The van der Waals surface area contributed by atoms with E-state index in [2.05, 4.69) is 18.7 Å². The Balaban J connectivity index is 1.82. The first kappa shape index (κ1) is 18.4. The standard InChI is InChI=1S/C17H28N2O3S/c1-4-15-13(3)10-16(23-15)17(21)19-8-6-18(7-9-19)11-14(20)12-22-5-2/h10,14,20H,4-9,11-12H2,1-3H3. The molecule has 2 heterocycles. The number of ether oxygens (including phenoxy) is 1. The van der Waals surface area contributed by atoms with Gasteiger partial charge in [0, 0.05) is 44.2 Å². The Morgan fingerprint density at radius 3 is 2.61 bits per heavy atom. The van der Waals surface area contributed by atoms with Crippen LogP contribution in [0, 0.1) is 6.92 Å². The van der Waals surface area contributed by atoms with Gasteiger partial charge in [-0.2, -0.15) is 0 Å². The lowest BCUT2D eigenvalue weighted by Crippen LogP contribution is -2.50. The number of aryl methyl sites for hydroxylation is 2. The van der Waals surface area contributed by atoms with E-state index in [0.717, 1.165) is 37.5 Å². The van der Waals surface area contributed by atoms with Crippen LogP contribution in [0.5, 0.6) is 0 Å². The second-order valence-electron chi connectivity index (χ2n) is 5.98. The molecule has 1 aliphatic heterocycles. The minimum Gasteiger partial charge on any atom is -0.389 e. The molecule has 1 aromatic rings. The van der Waals surface area contributed by atoms with Crippen molar-refractivity contribution in [3.05, 3.63) is 21.4 Å². The maximum atomic E-state index is 12.6. The van der Waals surface area contributed by atoms with Crippen LogP contribution in [0.1, 0.15) is 34.0 Å². The second kappa shape index (κ2) is 8.78. The van der Waals surface area contributed by atoms with Gasteiger partial charge in [0.2, 0.25) is 0 Å². The van der Waals surface area contributed by atoms with E-state index in [4.69, 9.17) is 4.74 Å². The van der Waals surface area contributed by atoms with Crippen LogP contribution in [-0.2, 0) is 11.2 Å². The van der Waals surface area contributed by atoms with E-state index in [9.17, 15) is 9.90 Å². The van der Waals surface area contributed by atoms with Gasteiger partial charge in [-0.25, -0.2) is 0 Å². The third-order valence-corrected chi connectivity index (χ3v) is 5.56. The number of nitrogens with zero attached hydrogens (tertiary/aromatic N) is 2. The number of piperazine rings is 1. The van der Waals surface area contributed by atoms with Gasteiger partial charge in [-0.1, -0.05) is 6.92 Å². The number of rotatable bonds is 7. The van der Waals surface area contributed by atoms with Crippen molar-refractivity contribution < 1.29 is 14.6 Å². The normalized spacial score (nSPS) is 17.5. The highest BCUT2D eigenvalue weighted by atomic mass is 32.1. The van der Waals surface area contributed by atoms with Gasteiger partial charge in [0.15, 0.2) is 0 Å². The number of thiophene rings is 1. The summed E-state index contributed by atoms with van der Waals surface area (Å²) in [4.78, 5) is 18.9. The Morgan fingerprint density at radius 2 is 2.04 bits per heavy atom. The molecule has 0 spiro atoms. The summed E-state index contributed by atoms with van der Waals surface area (Å²) in [6.07, 6.45) is 0.527. The third kappa shape index (κ3) is 5.01. The number of carbonyl (C=O) groups excluding carboxylic acids is 1. The molecule has 5 nitrogen and oxygen atoms in total. The van der Waals surface area contributed by atoms with Crippen molar-refractivity contribution in [3.63, 3.8) is 0 Å². The van der Waals surface area contributed by atoms with Crippen LogP contribution in [0.2, 0.25) is 0 Å². The lowest BCUT2D eigenvalue weighted by Gasteiger charge is -2.35. The van der Waals surface area contributed by atoms with Gasteiger partial charge >= 0.3 is 0 Å². The van der Waals surface area contributed by atoms with Crippen LogP contribution in [0.25, 0.3) is 0 Å². The summed E-state index contributed by atoms with van der Waals surface area (Å²) in [5.41, 5.74) is 1.22. The fourth-order valence-corrected chi connectivity index (χ4v) is 3.95. The van der Waals surface area contributed by atoms with Gasteiger partial charge in [0.1, 0.15) is 0 Å². The molecule has 1 unspecified atom stereocenters. The summed E-state index contributed by atoms with van der Waals surface area (Å²) in [5.74, 6) is 0.146. The van der Waals surface area contributed by atoms with Crippen LogP contribution < -0.4 is 0 Å². The third-order valence-electron chi connectivity index (χ3n) is 4.20. The fraction of sp³-hybridized carbons (Fsp3) is 0.706. The zero-order valence-corrected chi connectivity index (χ0v) is 15.2. The fourth-order valence-electron chi connectivity index (χ4n) is 2.87. The summed E-state index contributed by atoms with van der Waals surface area (Å²) >= 11 is 1.62. The monoisotopic (exact) mass is 340 g/mol. The van der Waals surface area contributed by atoms with Crippen molar-refractivity contribution in [2.75, 3.05) is 45.9 Å². The molecule has 0 saturated carbocycles. The van der Waals surface area contributed by atoms with Crippen molar-refractivity contribution in [3.8, 4) is 0 Å². The Labute approximate surface area is 142 Å². The van der Waals surface area contributed by atoms with Crippen LogP contribution in [0.15, 0.2) is 6.07 Å². The molecule has 0 bridgehead atoms. The summed E-state index contributed by atoms with van der Waals surface area (Å²) in [6, 6.07) is 2.02. The molecule has 1 atom stereocenters. The van der Waals surface area contributed by atoms with Crippen molar-refractivity contribution >= 4 is 17.2 Å². The zero-order chi connectivity index (χ0) is 16.8. The molecule has 1 fully saturated rings. The molecule has 0 aromatic carbocycles. The lowest BCUT2D eigenvalue weighted by atomic mass is 10.2. The van der Waals surface area contributed by atoms with Gasteiger partial charge in [-0.05, 0) is 31.9 Å². The maximum absolute atomic E-state index is 12.6. The highest BCUT2D eigenvalue weighted by Gasteiger charge is 2.24. The first-order valence-corrected chi connectivity index (χ1v) is 9.23. The highest BCUT2D eigenvalue weighted by molar-refractivity contribution is 7.14. The quantitative estimate of drug-likeness (QED) is 0.822. The summed E-state index contributed by atoms with van der Waals surface area (Å²) in [5, 5.41) is 9.90. The number of aliphatic hydroxyl groups excluding tert-OH is 1. The first-order chi connectivity index (χ1) is 11.0. The van der Waals surface area contributed by atoms with E-state index in [1.165, 1.54) is 10.4 Å². The lowest BCUT2D eigenvalue weighted by molar-refractivity contribution is 0.0112. The predicted molar refractivity (Wildman–Crippen MR) is 93.3 cm³/mol. The maximum Gasteiger partial charge on any atom is 0.264 e. The molecule has 1 aromatic heterocycles. The average molecular weight is 340 g/mol. The van der Waals surface area contributed by atoms with E-state index < -0.39 is 6.10 Å². The van der Waals surface area contributed by atoms with E-state index in [-0.39, 0.29) is 5.91 Å². The largest absolute Gasteiger partial charge is 0.389 e. The molecule has 6 heteroatoms. The number of hydrogen-bond donors (Lipinski definition) is 1. The predicted octanol–water partition coefficient (Wildman–Crippen LogP) is 1.77. The molecular formula is C17H28N2O3S. The van der Waals surface area contributed by atoms with Gasteiger partial charge in [0.05, 0.1) is 17.6 Å². The van der Waals surface area contributed by atoms with E-state index >= 15 is 0 Å². The molecule has 1 saturated heterocycles. The molecule has 23 heavy (non-hydrogen) atoms. The van der Waals surface area contributed by atoms with Crippen LogP contribution in [0.3, 0.4) is 0 Å². The number of hydrogen-bond acceptors (Lipinski definition) is 5. The molecular weight excluding hydrogens is 312 g/mol. The highest BCUT2D eigenvalue weighted by Crippen LogP contribution is 2.24. The SMILES string of the molecule is CCOCC(O)CN1CCN(C(=O)c2cc(C)c(CC)s2)CC1. The zero-order valence-electron chi connectivity index (χ0n) is 14.4. The number of β-amino-alcohol motifs (C(OH)–C–C–N with tert-alkyl or cyclic N) is 1. The van der Waals surface area contributed by atoms with Gasteiger partial charge in [-0.15, -0.1) is 11.3 Å². The van der Waals surface area contributed by atoms with Crippen molar-refractivity contribution in [1.82, 2.24) is 9.80 Å². The molecule has 2 rings (SSSR count).